The van der Waals surface area contributed by atoms with Crippen LogP contribution in [-0.2, 0) is 4.79 Å². The number of carboxylic acid groups (broad SMARTS) is 1. The summed E-state index contributed by atoms with van der Waals surface area (Å²) in [6, 6.07) is 4.39. The number of hydrogen-bond donors (Lipinski definition) is 4. The molecular formula is C8H9N3O2. The number of benzene rings is 1. The molecule has 6 N–H and O–H groups in total. The van der Waals surface area contributed by atoms with E-state index in [1.54, 1.807) is 6.07 Å². The molecule has 1 rings (SSSR count). The van der Waals surface area contributed by atoms with E-state index < -0.39 is 11.7 Å². The molecule has 0 aliphatic heterocycles. The van der Waals surface area contributed by atoms with E-state index in [1.807, 2.05) is 0 Å². The average molecular weight is 179 g/mol. The van der Waals surface area contributed by atoms with Crippen molar-refractivity contribution in [1.82, 2.24) is 0 Å². The summed E-state index contributed by atoms with van der Waals surface area (Å²) < 4.78 is 0. The molecule has 0 unspecified atom stereocenters. The van der Waals surface area contributed by atoms with Gasteiger partial charge in [0.2, 0.25) is 0 Å². The third-order valence-electron chi connectivity index (χ3n) is 1.56. The molecule has 0 radical (unpaired) electrons. The Bertz CT molecular complexity index is 374. The standard InChI is InChI=1S/C8H9N3O2/c9-4-1-2-6(10)5(3-4)7(11)8(12)13/h1-3,11H,9-10H2,(H,12,13). The smallest absolute Gasteiger partial charge is 0.354 e. The highest BCUT2D eigenvalue weighted by Crippen LogP contribution is 2.15. The fraction of sp³-hybridized carbons (Fsp3) is 0. The van der Waals surface area contributed by atoms with E-state index in [2.05, 4.69) is 0 Å². The summed E-state index contributed by atoms with van der Waals surface area (Å²) in [5.41, 5.74) is 11.1. The zero-order valence-corrected chi connectivity index (χ0v) is 6.74. The van der Waals surface area contributed by atoms with Crippen molar-refractivity contribution in [2.75, 3.05) is 11.5 Å². The number of nitrogen functional groups attached to an aromatic ring is 2. The molecule has 0 saturated carbocycles. The van der Waals surface area contributed by atoms with Crippen molar-refractivity contribution < 1.29 is 9.90 Å². The Balaban J connectivity index is 3.21. The molecule has 1 aromatic rings. The Labute approximate surface area is 74.5 Å². The van der Waals surface area contributed by atoms with Crippen molar-refractivity contribution in [3.05, 3.63) is 23.8 Å². The van der Waals surface area contributed by atoms with Gasteiger partial charge in [0.25, 0.3) is 0 Å². The molecule has 0 aromatic heterocycles. The van der Waals surface area contributed by atoms with Gasteiger partial charge >= 0.3 is 5.97 Å². The van der Waals surface area contributed by atoms with Crippen molar-refractivity contribution in [3.8, 4) is 0 Å². The lowest BCUT2D eigenvalue weighted by molar-refractivity contribution is -0.129. The lowest BCUT2D eigenvalue weighted by atomic mass is 10.1. The topological polar surface area (TPSA) is 113 Å². The van der Waals surface area contributed by atoms with Crippen LogP contribution in [0.4, 0.5) is 11.4 Å². The number of rotatable bonds is 2. The number of aliphatic carboxylic acids is 1. The average Bonchev–Trinajstić information content (AvgIpc) is 2.08. The van der Waals surface area contributed by atoms with Crippen LogP contribution >= 0.6 is 0 Å². The van der Waals surface area contributed by atoms with Gasteiger partial charge in [0, 0.05) is 16.9 Å². The molecule has 0 saturated heterocycles. The maximum absolute atomic E-state index is 10.4. The number of nitrogens with one attached hydrogen (secondary N) is 1. The van der Waals surface area contributed by atoms with Crippen molar-refractivity contribution in [2.24, 2.45) is 0 Å². The lowest BCUT2D eigenvalue weighted by Crippen LogP contribution is -2.15. The molecule has 0 fully saturated rings. The summed E-state index contributed by atoms with van der Waals surface area (Å²) in [6.45, 7) is 0. The summed E-state index contributed by atoms with van der Waals surface area (Å²) in [5, 5.41) is 15.7. The lowest BCUT2D eigenvalue weighted by Gasteiger charge is -2.04. The minimum atomic E-state index is -1.32. The molecule has 0 spiro atoms. The molecule has 5 nitrogen and oxygen atoms in total. The fourth-order valence-electron chi connectivity index (χ4n) is 0.906. The van der Waals surface area contributed by atoms with Gasteiger partial charge < -0.3 is 16.6 Å². The number of anilines is 2. The van der Waals surface area contributed by atoms with Crippen LogP contribution in [0, 0.1) is 5.41 Å². The first-order chi connectivity index (χ1) is 6.02. The zero-order chi connectivity index (χ0) is 10.0. The maximum atomic E-state index is 10.4. The van der Waals surface area contributed by atoms with E-state index in [-0.39, 0.29) is 11.3 Å². The summed E-state index contributed by atoms with van der Waals surface area (Å²) in [5.74, 6) is -1.32. The second-order valence-electron chi connectivity index (χ2n) is 2.53. The van der Waals surface area contributed by atoms with E-state index in [1.165, 1.54) is 12.1 Å². The first-order valence-electron chi connectivity index (χ1n) is 3.49. The molecule has 0 bridgehead atoms. The van der Waals surface area contributed by atoms with Gasteiger partial charge in [-0.3, -0.25) is 5.41 Å². The molecule has 0 amide bonds. The quantitative estimate of drug-likeness (QED) is 0.386. The highest BCUT2D eigenvalue weighted by atomic mass is 16.4. The van der Waals surface area contributed by atoms with Crippen LogP contribution in [0.1, 0.15) is 5.56 Å². The highest BCUT2D eigenvalue weighted by Gasteiger charge is 2.12. The molecular weight excluding hydrogens is 170 g/mol. The Morgan fingerprint density at radius 3 is 2.54 bits per heavy atom. The van der Waals surface area contributed by atoms with Gasteiger partial charge in [0.1, 0.15) is 5.71 Å². The van der Waals surface area contributed by atoms with Gasteiger partial charge in [0.15, 0.2) is 0 Å². The van der Waals surface area contributed by atoms with Crippen LogP contribution in [-0.4, -0.2) is 16.8 Å². The van der Waals surface area contributed by atoms with Crippen LogP contribution in [0.2, 0.25) is 0 Å². The number of nitrogens with two attached hydrogens (primary N) is 2. The van der Waals surface area contributed by atoms with Gasteiger partial charge in [0.05, 0.1) is 0 Å². The van der Waals surface area contributed by atoms with E-state index in [0.717, 1.165) is 0 Å². The van der Waals surface area contributed by atoms with Crippen LogP contribution in [0.25, 0.3) is 0 Å². The third kappa shape index (κ3) is 1.76. The SMILES string of the molecule is N=C(C(=O)O)c1cc(N)ccc1N. The highest BCUT2D eigenvalue weighted by molar-refractivity contribution is 6.42. The van der Waals surface area contributed by atoms with E-state index in [9.17, 15) is 4.79 Å². The minimum absolute atomic E-state index is 0.146. The maximum Gasteiger partial charge on any atom is 0.354 e. The molecule has 0 aliphatic carbocycles. The molecule has 1 aromatic carbocycles. The number of carboxylic acids is 1. The molecule has 5 heteroatoms. The zero-order valence-electron chi connectivity index (χ0n) is 6.74. The van der Waals surface area contributed by atoms with Gasteiger partial charge in [-0.1, -0.05) is 0 Å². The predicted molar refractivity (Wildman–Crippen MR) is 49.7 cm³/mol. The summed E-state index contributed by atoms with van der Waals surface area (Å²) in [7, 11) is 0. The fourth-order valence-corrected chi connectivity index (χ4v) is 0.906. The Hall–Kier alpha value is -2.04. The monoisotopic (exact) mass is 179 g/mol. The summed E-state index contributed by atoms with van der Waals surface area (Å²) in [4.78, 5) is 10.4. The predicted octanol–water partition coefficient (Wildman–Crippen LogP) is 0.303. The van der Waals surface area contributed by atoms with E-state index >= 15 is 0 Å². The van der Waals surface area contributed by atoms with Crippen LogP contribution < -0.4 is 11.5 Å². The van der Waals surface area contributed by atoms with Crippen LogP contribution in [0.5, 0.6) is 0 Å². The molecule has 13 heavy (non-hydrogen) atoms. The van der Waals surface area contributed by atoms with Gasteiger partial charge in [-0.05, 0) is 18.2 Å². The van der Waals surface area contributed by atoms with E-state index in [0.29, 0.717) is 5.69 Å². The summed E-state index contributed by atoms with van der Waals surface area (Å²) in [6.07, 6.45) is 0. The molecule has 0 atom stereocenters. The first-order valence-corrected chi connectivity index (χ1v) is 3.49. The molecule has 0 aliphatic rings. The van der Waals surface area contributed by atoms with Gasteiger partial charge in [-0.2, -0.15) is 0 Å². The second-order valence-corrected chi connectivity index (χ2v) is 2.53. The normalized spacial score (nSPS) is 9.54. The minimum Gasteiger partial charge on any atom is -0.477 e. The van der Waals surface area contributed by atoms with Crippen LogP contribution in [0.15, 0.2) is 18.2 Å². The number of hydrogen-bond acceptors (Lipinski definition) is 4. The Morgan fingerprint density at radius 2 is 2.00 bits per heavy atom. The first kappa shape index (κ1) is 9.05. The largest absolute Gasteiger partial charge is 0.477 e. The van der Waals surface area contributed by atoms with Crippen molar-refractivity contribution in [3.63, 3.8) is 0 Å². The van der Waals surface area contributed by atoms with Gasteiger partial charge in [-0.25, -0.2) is 4.79 Å². The number of carbonyl (C=O) groups is 1. The summed E-state index contributed by atoms with van der Waals surface area (Å²) >= 11 is 0. The second kappa shape index (κ2) is 3.14. The van der Waals surface area contributed by atoms with Gasteiger partial charge in [-0.15, -0.1) is 0 Å². The van der Waals surface area contributed by atoms with Crippen LogP contribution in [0.3, 0.4) is 0 Å². The Morgan fingerprint density at radius 1 is 1.38 bits per heavy atom. The van der Waals surface area contributed by atoms with Crippen molar-refractivity contribution in [1.29, 1.82) is 5.41 Å². The Kier molecular flexibility index (Phi) is 2.19. The third-order valence-corrected chi connectivity index (χ3v) is 1.56. The molecule has 0 heterocycles. The van der Waals surface area contributed by atoms with E-state index in [4.69, 9.17) is 22.0 Å². The van der Waals surface area contributed by atoms with Crippen molar-refractivity contribution in [2.45, 2.75) is 0 Å². The van der Waals surface area contributed by atoms with Crippen molar-refractivity contribution >= 4 is 23.1 Å². The molecule has 68 valence electrons.